The minimum absolute atomic E-state index is 0.606. The number of rotatable bonds is 7. The summed E-state index contributed by atoms with van der Waals surface area (Å²) in [4.78, 5) is 1.54. The van der Waals surface area contributed by atoms with E-state index in [4.69, 9.17) is 9.94 Å². The van der Waals surface area contributed by atoms with Gasteiger partial charge in [0.2, 0.25) is 0 Å². The van der Waals surface area contributed by atoms with Crippen molar-refractivity contribution in [2.24, 2.45) is 5.16 Å². The summed E-state index contributed by atoms with van der Waals surface area (Å²) in [5.41, 5.74) is 1.51. The molecule has 1 aromatic rings. The molecule has 0 spiro atoms. The van der Waals surface area contributed by atoms with Crippen LogP contribution in [0, 0.1) is 0 Å². The lowest BCUT2D eigenvalue weighted by atomic mass is 10.1. The van der Waals surface area contributed by atoms with Gasteiger partial charge in [0.25, 0.3) is 0 Å². The first-order chi connectivity index (χ1) is 8.71. The van der Waals surface area contributed by atoms with Crippen LogP contribution < -0.4 is 9.64 Å². The monoisotopic (exact) mass is 251 g/mol. The van der Waals surface area contributed by atoms with Gasteiger partial charge >= 0.3 is 0 Å². The van der Waals surface area contributed by atoms with Crippen molar-refractivity contribution in [1.29, 1.82) is 0 Å². The van der Waals surface area contributed by atoms with Crippen molar-refractivity contribution in [1.82, 2.24) is 0 Å². The summed E-state index contributed by atoms with van der Waals surface area (Å²) < 4.78 is 5.69. The normalized spacial score (nSPS) is 11.9. The number of oxime groups is 1. The van der Waals surface area contributed by atoms with Crippen LogP contribution in [0.3, 0.4) is 0 Å². The molecule has 0 aliphatic rings. The van der Waals surface area contributed by atoms with Gasteiger partial charge in [-0.3, -0.25) is 0 Å². The summed E-state index contributed by atoms with van der Waals surface area (Å²) in [5, 5.41) is 11.8. The zero-order valence-electron chi connectivity index (χ0n) is 11.4. The van der Waals surface area contributed by atoms with Crippen molar-refractivity contribution in [3.8, 4) is 5.75 Å². The minimum Gasteiger partial charge on any atom is -0.488 e. The Morgan fingerprint density at radius 2 is 1.83 bits per heavy atom. The van der Waals surface area contributed by atoms with Crippen LogP contribution in [-0.4, -0.2) is 37.2 Å². The number of hydrogen-bond donors (Lipinski definition) is 2. The quantitative estimate of drug-likeness (QED) is 0.434. The molecule has 0 atom stereocenters. The van der Waals surface area contributed by atoms with E-state index in [2.05, 4.69) is 19.0 Å². The molecule has 18 heavy (non-hydrogen) atoms. The van der Waals surface area contributed by atoms with Gasteiger partial charge in [0.05, 0.1) is 18.8 Å². The molecule has 0 saturated carbocycles. The fraction of sp³-hybridized carbons (Fsp3) is 0.500. The second-order valence-electron chi connectivity index (χ2n) is 4.27. The lowest BCUT2D eigenvalue weighted by molar-refractivity contribution is -0.896. The Hall–Kier alpha value is -1.55. The van der Waals surface area contributed by atoms with Gasteiger partial charge in [-0.2, -0.15) is 0 Å². The third kappa shape index (κ3) is 4.37. The smallest absolute Gasteiger partial charge is 0.137 e. The summed E-state index contributed by atoms with van der Waals surface area (Å²) in [6, 6.07) is 7.60. The molecule has 2 N–H and O–H groups in total. The van der Waals surface area contributed by atoms with Gasteiger partial charge in [-0.25, -0.2) is 0 Å². The largest absolute Gasteiger partial charge is 0.488 e. The molecule has 1 aromatic carbocycles. The van der Waals surface area contributed by atoms with E-state index in [0.717, 1.165) is 37.6 Å². The Morgan fingerprint density at radius 1 is 1.22 bits per heavy atom. The third-order valence-electron chi connectivity index (χ3n) is 3.15. The van der Waals surface area contributed by atoms with Gasteiger partial charge < -0.3 is 14.8 Å². The van der Waals surface area contributed by atoms with Gasteiger partial charge in [-0.1, -0.05) is 5.16 Å². The molecule has 0 heterocycles. The lowest BCUT2D eigenvalue weighted by Crippen LogP contribution is -3.12. The molecule has 100 valence electrons. The van der Waals surface area contributed by atoms with E-state index in [1.54, 1.807) is 6.92 Å². The van der Waals surface area contributed by atoms with Gasteiger partial charge in [0.15, 0.2) is 0 Å². The van der Waals surface area contributed by atoms with Crippen LogP contribution in [0.4, 0.5) is 0 Å². The van der Waals surface area contributed by atoms with E-state index >= 15 is 0 Å². The first-order valence-electron chi connectivity index (χ1n) is 6.46. The molecule has 4 heteroatoms. The van der Waals surface area contributed by atoms with Crippen LogP contribution in [0.1, 0.15) is 26.3 Å². The topological polar surface area (TPSA) is 46.3 Å². The Morgan fingerprint density at radius 3 is 2.33 bits per heavy atom. The number of ether oxygens (including phenoxy) is 1. The Balaban J connectivity index is 2.44. The van der Waals surface area contributed by atoms with Crippen LogP contribution in [0.15, 0.2) is 29.4 Å². The van der Waals surface area contributed by atoms with Crippen molar-refractivity contribution in [2.75, 3.05) is 26.2 Å². The number of nitrogens with zero attached hydrogens (tertiary/aromatic N) is 1. The number of likely N-dealkylation sites (N-methyl/N-ethyl adjacent to an activating group) is 1. The first-order valence-corrected chi connectivity index (χ1v) is 6.46. The van der Waals surface area contributed by atoms with Crippen molar-refractivity contribution >= 4 is 5.71 Å². The van der Waals surface area contributed by atoms with Crippen LogP contribution in [0.25, 0.3) is 0 Å². The molecular formula is C14H23N2O2+. The standard InChI is InChI=1S/C14H22N2O2/c1-4-16(5-2)10-11-18-14-8-6-13(7-9-14)12(3)15-17/h6-9,17H,4-5,10-11H2,1-3H3/p+1/b15-12-. The molecule has 0 aromatic heterocycles. The highest BCUT2D eigenvalue weighted by atomic mass is 16.5. The fourth-order valence-corrected chi connectivity index (χ4v) is 1.77. The highest BCUT2D eigenvalue weighted by Crippen LogP contribution is 2.12. The summed E-state index contributed by atoms with van der Waals surface area (Å²) in [7, 11) is 0. The predicted octanol–water partition coefficient (Wildman–Crippen LogP) is 1.19. The molecule has 0 radical (unpaired) electrons. The summed E-state index contributed by atoms with van der Waals surface area (Å²) in [6.07, 6.45) is 0. The summed E-state index contributed by atoms with van der Waals surface area (Å²) in [6.45, 7) is 10.1. The maximum Gasteiger partial charge on any atom is 0.137 e. The summed E-state index contributed by atoms with van der Waals surface area (Å²) in [5.74, 6) is 0.857. The van der Waals surface area contributed by atoms with E-state index in [1.165, 1.54) is 4.90 Å². The highest BCUT2D eigenvalue weighted by Gasteiger charge is 2.03. The average molecular weight is 251 g/mol. The third-order valence-corrected chi connectivity index (χ3v) is 3.15. The van der Waals surface area contributed by atoms with Crippen molar-refractivity contribution in [3.05, 3.63) is 29.8 Å². The van der Waals surface area contributed by atoms with E-state index in [-0.39, 0.29) is 0 Å². The SMILES string of the molecule is CC[NH+](CC)CCOc1ccc(/C(C)=N\O)cc1. The fourth-order valence-electron chi connectivity index (χ4n) is 1.77. The molecule has 1 rings (SSSR count). The van der Waals surface area contributed by atoms with Gasteiger partial charge in [-0.15, -0.1) is 0 Å². The van der Waals surface area contributed by atoms with Gasteiger partial charge in [-0.05, 0) is 50.6 Å². The molecule has 0 saturated heterocycles. The summed E-state index contributed by atoms with van der Waals surface area (Å²) >= 11 is 0. The predicted molar refractivity (Wildman–Crippen MR) is 72.8 cm³/mol. The minimum atomic E-state index is 0.606. The molecule has 4 nitrogen and oxygen atoms in total. The lowest BCUT2D eigenvalue weighted by Gasteiger charge is -2.15. The second kappa shape index (κ2) is 7.71. The van der Waals surface area contributed by atoms with Crippen molar-refractivity contribution < 1.29 is 14.8 Å². The van der Waals surface area contributed by atoms with Gasteiger partial charge in [0, 0.05) is 0 Å². The van der Waals surface area contributed by atoms with E-state index in [9.17, 15) is 0 Å². The first kappa shape index (κ1) is 14.5. The average Bonchev–Trinajstić information content (AvgIpc) is 2.43. The van der Waals surface area contributed by atoms with Crippen LogP contribution >= 0.6 is 0 Å². The number of hydrogen-bond acceptors (Lipinski definition) is 3. The van der Waals surface area contributed by atoms with Crippen molar-refractivity contribution in [2.45, 2.75) is 20.8 Å². The maximum atomic E-state index is 8.67. The van der Waals surface area contributed by atoms with Crippen LogP contribution in [0.2, 0.25) is 0 Å². The maximum absolute atomic E-state index is 8.67. The Kier molecular flexibility index (Phi) is 6.22. The zero-order valence-corrected chi connectivity index (χ0v) is 11.4. The van der Waals surface area contributed by atoms with E-state index < -0.39 is 0 Å². The second-order valence-corrected chi connectivity index (χ2v) is 4.27. The van der Waals surface area contributed by atoms with E-state index in [1.807, 2.05) is 24.3 Å². The molecule has 0 aliphatic carbocycles. The number of nitrogens with one attached hydrogen (secondary N) is 1. The highest BCUT2D eigenvalue weighted by molar-refractivity contribution is 5.98. The molecule has 0 unspecified atom stereocenters. The molecular weight excluding hydrogens is 228 g/mol. The number of benzene rings is 1. The van der Waals surface area contributed by atoms with E-state index in [0.29, 0.717) is 5.71 Å². The number of quaternary nitrogens is 1. The Labute approximate surface area is 109 Å². The Bertz CT molecular complexity index is 370. The zero-order chi connectivity index (χ0) is 13.4. The van der Waals surface area contributed by atoms with Crippen molar-refractivity contribution in [3.63, 3.8) is 0 Å². The molecule has 0 bridgehead atoms. The van der Waals surface area contributed by atoms with Crippen LogP contribution in [-0.2, 0) is 0 Å². The molecule has 0 amide bonds. The molecule has 0 fully saturated rings. The van der Waals surface area contributed by atoms with Crippen LogP contribution in [0.5, 0.6) is 5.75 Å². The van der Waals surface area contributed by atoms with Gasteiger partial charge in [0.1, 0.15) is 18.9 Å². The molecule has 0 aliphatic heterocycles.